The number of nitrogens with two attached hydrogens (primary N) is 1. The maximum Gasteiger partial charge on any atom is 0.238 e. The molecular formula is C18H26N4O3S. The van der Waals surface area contributed by atoms with Gasteiger partial charge in [-0.3, -0.25) is 4.99 Å². The topological polar surface area (TPSA) is 97.0 Å². The first kappa shape index (κ1) is 17.8. The van der Waals surface area contributed by atoms with Crippen molar-refractivity contribution in [3.05, 3.63) is 29.8 Å². The Balaban J connectivity index is 1.30. The summed E-state index contributed by atoms with van der Waals surface area (Å²) >= 11 is 0. The highest BCUT2D eigenvalue weighted by Crippen LogP contribution is 2.47. The maximum atomic E-state index is 11.3. The SMILES string of the molecule is CN=C(NCCc1ccc(S(N)(=O)=O)cc1)N1CC2C3CCC(O3)C2C1. The van der Waals surface area contributed by atoms with Crippen LogP contribution in [0.1, 0.15) is 18.4 Å². The molecule has 8 heteroatoms. The third-order valence-corrected chi connectivity index (χ3v) is 6.84. The van der Waals surface area contributed by atoms with Gasteiger partial charge in [0.05, 0.1) is 17.1 Å². The summed E-state index contributed by atoms with van der Waals surface area (Å²) in [5.41, 5.74) is 1.06. The number of primary sulfonamides is 1. The van der Waals surface area contributed by atoms with Gasteiger partial charge in [0.1, 0.15) is 0 Å². The molecule has 0 radical (unpaired) electrons. The second-order valence-electron chi connectivity index (χ2n) is 7.44. The van der Waals surface area contributed by atoms with E-state index in [2.05, 4.69) is 15.2 Å². The fourth-order valence-electron chi connectivity index (χ4n) is 4.63. The van der Waals surface area contributed by atoms with Crippen LogP contribution in [0.2, 0.25) is 0 Å². The van der Waals surface area contributed by atoms with Crippen LogP contribution in [0, 0.1) is 11.8 Å². The second-order valence-corrected chi connectivity index (χ2v) is 9.00. The number of nitrogens with one attached hydrogen (secondary N) is 1. The van der Waals surface area contributed by atoms with E-state index in [9.17, 15) is 8.42 Å². The predicted molar refractivity (Wildman–Crippen MR) is 99.3 cm³/mol. The summed E-state index contributed by atoms with van der Waals surface area (Å²) in [6.45, 7) is 2.79. The molecule has 4 unspecified atom stereocenters. The molecule has 0 aromatic heterocycles. The number of ether oxygens (including phenoxy) is 1. The van der Waals surface area contributed by atoms with Gasteiger partial charge in [0.25, 0.3) is 0 Å². The van der Waals surface area contributed by atoms with Gasteiger partial charge in [0, 0.05) is 38.5 Å². The fraction of sp³-hybridized carbons (Fsp3) is 0.611. The highest BCUT2D eigenvalue weighted by Gasteiger charge is 2.53. The molecular weight excluding hydrogens is 352 g/mol. The number of fused-ring (bicyclic) bond motifs is 5. The lowest BCUT2D eigenvalue weighted by Crippen LogP contribution is -2.42. The van der Waals surface area contributed by atoms with Crippen molar-refractivity contribution in [1.29, 1.82) is 0 Å². The van der Waals surface area contributed by atoms with Crippen molar-refractivity contribution in [3.8, 4) is 0 Å². The first-order valence-corrected chi connectivity index (χ1v) is 10.7. The van der Waals surface area contributed by atoms with Crippen molar-refractivity contribution in [2.45, 2.75) is 36.4 Å². The van der Waals surface area contributed by atoms with Gasteiger partial charge in [-0.2, -0.15) is 0 Å². The Bertz CT molecular complexity index is 775. The zero-order valence-electron chi connectivity index (χ0n) is 15.0. The molecule has 3 heterocycles. The summed E-state index contributed by atoms with van der Waals surface area (Å²) in [6, 6.07) is 6.72. The summed E-state index contributed by atoms with van der Waals surface area (Å²) in [6.07, 6.45) is 4.11. The van der Waals surface area contributed by atoms with Crippen molar-refractivity contribution >= 4 is 16.0 Å². The molecule has 142 valence electrons. The Hall–Kier alpha value is -1.64. The number of benzene rings is 1. The molecule has 4 rings (SSSR count). The Kier molecular flexibility index (Phi) is 4.66. The zero-order chi connectivity index (χ0) is 18.3. The number of hydrogen-bond acceptors (Lipinski definition) is 4. The van der Waals surface area contributed by atoms with Crippen LogP contribution in [-0.4, -0.2) is 58.2 Å². The normalized spacial score (nSPS) is 30.7. The fourth-order valence-corrected chi connectivity index (χ4v) is 5.15. The molecule has 3 N–H and O–H groups in total. The molecule has 2 bridgehead atoms. The first-order valence-electron chi connectivity index (χ1n) is 9.18. The maximum absolute atomic E-state index is 11.3. The number of hydrogen-bond donors (Lipinski definition) is 2. The minimum atomic E-state index is -3.63. The molecule has 3 saturated heterocycles. The van der Waals surface area contributed by atoms with Gasteiger partial charge in [-0.15, -0.1) is 0 Å². The van der Waals surface area contributed by atoms with Crippen LogP contribution in [0.5, 0.6) is 0 Å². The van der Waals surface area contributed by atoms with Crippen molar-refractivity contribution in [2.24, 2.45) is 22.0 Å². The monoisotopic (exact) mass is 378 g/mol. The second kappa shape index (κ2) is 6.83. The third-order valence-electron chi connectivity index (χ3n) is 5.91. The van der Waals surface area contributed by atoms with E-state index in [0.717, 1.165) is 37.6 Å². The van der Waals surface area contributed by atoms with E-state index < -0.39 is 10.0 Å². The standard InChI is InChI=1S/C18H26N4O3S/c1-20-18(22-10-14-15(11-22)17-7-6-16(14)25-17)21-9-8-12-2-4-13(5-3-12)26(19,23)24/h2-5,14-17H,6-11H2,1H3,(H,20,21)(H2,19,23,24). The minimum Gasteiger partial charge on any atom is -0.374 e. The number of likely N-dealkylation sites (tertiary alicyclic amines) is 1. The van der Waals surface area contributed by atoms with Crippen LogP contribution in [0.25, 0.3) is 0 Å². The minimum absolute atomic E-state index is 0.144. The average molecular weight is 378 g/mol. The Labute approximate surface area is 154 Å². The van der Waals surface area contributed by atoms with Crippen LogP contribution in [0.3, 0.4) is 0 Å². The van der Waals surface area contributed by atoms with Gasteiger partial charge in [-0.05, 0) is 37.0 Å². The van der Waals surface area contributed by atoms with Crippen LogP contribution in [0.4, 0.5) is 0 Å². The van der Waals surface area contributed by atoms with Crippen LogP contribution in [0.15, 0.2) is 34.2 Å². The first-order chi connectivity index (χ1) is 12.5. The Morgan fingerprint density at radius 3 is 2.38 bits per heavy atom. The number of aliphatic imine (C=N–C) groups is 1. The molecule has 1 aromatic carbocycles. The zero-order valence-corrected chi connectivity index (χ0v) is 15.8. The van der Waals surface area contributed by atoms with E-state index in [0.29, 0.717) is 24.0 Å². The summed E-state index contributed by atoms with van der Waals surface area (Å²) < 4.78 is 28.6. The van der Waals surface area contributed by atoms with Crippen molar-refractivity contribution in [2.75, 3.05) is 26.7 Å². The largest absolute Gasteiger partial charge is 0.374 e. The Morgan fingerprint density at radius 1 is 1.23 bits per heavy atom. The average Bonchev–Trinajstić information content (AvgIpc) is 3.31. The lowest BCUT2D eigenvalue weighted by molar-refractivity contribution is 0.0767. The number of nitrogens with zero attached hydrogens (tertiary/aromatic N) is 2. The Morgan fingerprint density at radius 2 is 1.85 bits per heavy atom. The van der Waals surface area contributed by atoms with E-state index in [4.69, 9.17) is 9.88 Å². The third kappa shape index (κ3) is 3.33. The lowest BCUT2D eigenvalue weighted by Gasteiger charge is -2.23. The van der Waals surface area contributed by atoms with Gasteiger partial charge < -0.3 is 15.0 Å². The van der Waals surface area contributed by atoms with E-state index >= 15 is 0 Å². The quantitative estimate of drug-likeness (QED) is 0.589. The highest BCUT2D eigenvalue weighted by molar-refractivity contribution is 7.89. The molecule has 1 aromatic rings. The number of sulfonamides is 1. The molecule has 0 saturated carbocycles. The van der Waals surface area contributed by atoms with Crippen molar-refractivity contribution < 1.29 is 13.2 Å². The van der Waals surface area contributed by atoms with Gasteiger partial charge in [-0.25, -0.2) is 13.6 Å². The number of rotatable bonds is 4. The van der Waals surface area contributed by atoms with E-state index in [-0.39, 0.29) is 4.90 Å². The molecule has 3 fully saturated rings. The summed E-state index contributed by atoms with van der Waals surface area (Å²) in [4.78, 5) is 6.94. The lowest BCUT2D eigenvalue weighted by atomic mass is 9.82. The van der Waals surface area contributed by atoms with Crippen LogP contribution >= 0.6 is 0 Å². The number of guanidine groups is 1. The smallest absolute Gasteiger partial charge is 0.238 e. The molecule has 3 aliphatic rings. The summed E-state index contributed by atoms with van der Waals surface area (Å²) in [5, 5.41) is 8.56. The molecule has 26 heavy (non-hydrogen) atoms. The molecule has 7 nitrogen and oxygen atoms in total. The summed E-state index contributed by atoms with van der Waals surface area (Å²) in [5.74, 6) is 2.25. The van der Waals surface area contributed by atoms with E-state index in [1.54, 1.807) is 24.3 Å². The molecule has 3 aliphatic heterocycles. The van der Waals surface area contributed by atoms with Gasteiger partial charge >= 0.3 is 0 Å². The van der Waals surface area contributed by atoms with Crippen LogP contribution in [-0.2, 0) is 21.2 Å². The predicted octanol–water partition coefficient (Wildman–Crippen LogP) is 0.561. The molecule has 0 spiro atoms. The highest BCUT2D eigenvalue weighted by atomic mass is 32.2. The summed E-state index contributed by atoms with van der Waals surface area (Å²) in [7, 11) is -1.81. The molecule has 4 atom stereocenters. The van der Waals surface area contributed by atoms with Crippen LogP contribution < -0.4 is 10.5 Å². The van der Waals surface area contributed by atoms with Gasteiger partial charge in [0.2, 0.25) is 10.0 Å². The van der Waals surface area contributed by atoms with E-state index in [1.165, 1.54) is 12.8 Å². The molecule has 0 amide bonds. The van der Waals surface area contributed by atoms with Crippen molar-refractivity contribution in [1.82, 2.24) is 10.2 Å². The van der Waals surface area contributed by atoms with Gasteiger partial charge in [-0.1, -0.05) is 12.1 Å². The van der Waals surface area contributed by atoms with Crippen molar-refractivity contribution in [3.63, 3.8) is 0 Å². The molecule has 0 aliphatic carbocycles. The van der Waals surface area contributed by atoms with E-state index in [1.807, 2.05) is 7.05 Å². The van der Waals surface area contributed by atoms with Gasteiger partial charge in [0.15, 0.2) is 5.96 Å².